The van der Waals surface area contributed by atoms with Gasteiger partial charge in [-0.2, -0.15) is 0 Å². The van der Waals surface area contributed by atoms with Crippen molar-refractivity contribution in [3.05, 3.63) is 71.8 Å². The molecule has 0 atom stereocenters. The minimum atomic E-state index is -0.833. The molecule has 4 rings (SSSR count). The van der Waals surface area contributed by atoms with Crippen molar-refractivity contribution in [1.82, 2.24) is 0 Å². The molecule has 0 saturated heterocycles. The molecule has 3 N–H and O–H groups in total. The number of phenolic OH excluding ortho intramolecular Hbond substituents is 2. The Morgan fingerprint density at radius 1 is 0.722 bits per heavy atom. The fourth-order valence-electron chi connectivity index (χ4n) is 3.23. The number of benzene rings is 3. The van der Waals surface area contributed by atoms with E-state index in [1.165, 1.54) is 0 Å². The van der Waals surface area contributed by atoms with Gasteiger partial charge < -0.3 is 24.8 Å². The maximum absolute atomic E-state index is 10.5. The molecule has 3 aromatic rings. The van der Waals surface area contributed by atoms with Gasteiger partial charge >= 0.3 is 0 Å². The Balaban J connectivity index is 0.000000850. The first-order chi connectivity index (χ1) is 17.0. The van der Waals surface area contributed by atoms with Crippen LogP contribution in [0.5, 0.6) is 23.0 Å². The number of hydrogen-bond acceptors (Lipinski definition) is 7. The van der Waals surface area contributed by atoms with Crippen molar-refractivity contribution < 1.29 is 46.7 Å². The number of carboxylic acids is 1. The van der Waals surface area contributed by atoms with Crippen LogP contribution in [0.2, 0.25) is 0 Å². The van der Waals surface area contributed by atoms with E-state index in [9.17, 15) is 10.2 Å². The first-order valence-corrected chi connectivity index (χ1v) is 11.2. The van der Waals surface area contributed by atoms with Gasteiger partial charge in [-0.05, 0) is 55.7 Å². The molecule has 0 fully saturated rings. The number of aliphatic carboxylic acids is 1. The molecule has 1 aliphatic heterocycles. The van der Waals surface area contributed by atoms with Gasteiger partial charge in [-0.3, -0.25) is 14.8 Å². The first kappa shape index (κ1) is 28.4. The predicted octanol–water partition coefficient (Wildman–Crippen LogP) is 5.63. The van der Waals surface area contributed by atoms with Crippen molar-refractivity contribution in [1.29, 1.82) is 0 Å². The fraction of sp³-hybridized carbons (Fsp3) is 0.222. The van der Waals surface area contributed by atoms with Crippen molar-refractivity contribution in [2.24, 2.45) is 9.98 Å². The van der Waals surface area contributed by atoms with E-state index >= 15 is 0 Å². The minimum absolute atomic E-state index is 0. The molecule has 8 nitrogen and oxygen atoms in total. The number of ether oxygens (including phenoxy) is 2. The van der Waals surface area contributed by atoms with Crippen LogP contribution in [0.25, 0.3) is 0 Å². The van der Waals surface area contributed by atoms with Crippen molar-refractivity contribution in [2.45, 2.75) is 26.2 Å². The van der Waals surface area contributed by atoms with Crippen molar-refractivity contribution >= 4 is 29.8 Å². The van der Waals surface area contributed by atoms with E-state index in [0.29, 0.717) is 47.2 Å². The largest absolute Gasteiger partial charge is 0.504 e. The Labute approximate surface area is 220 Å². The maximum Gasteiger partial charge on any atom is 0.300 e. The number of phenols is 2. The quantitative estimate of drug-likeness (QED) is 0.324. The topological polar surface area (TPSA) is 121 Å². The number of fused-ring (bicyclic) bond motifs is 5. The van der Waals surface area contributed by atoms with Crippen LogP contribution in [-0.2, 0) is 21.9 Å². The molecule has 0 amide bonds. The van der Waals surface area contributed by atoms with Gasteiger partial charge in [0.25, 0.3) is 5.97 Å². The van der Waals surface area contributed by atoms with Crippen LogP contribution in [0.3, 0.4) is 0 Å². The van der Waals surface area contributed by atoms with Gasteiger partial charge in [0, 0.05) is 47.5 Å². The zero-order valence-electron chi connectivity index (χ0n) is 19.8. The summed E-state index contributed by atoms with van der Waals surface area (Å²) in [6, 6.07) is 18.1. The van der Waals surface area contributed by atoms with Crippen LogP contribution in [0, 0.1) is 0 Å². The summed E-state index contributed by atoms with van der Waals surface area (Å²) >= 11 is 0. The van der Waals surface area contributed by atoms with Gasteiger partial charge in [0.1, 0.15) is 0 Å². The molecule has 1 heterocycles. The van der Waals surface area contributed by atoms with Crippen molar-refractivity contribution in [3.63, 3.8) is 0 Å². The predicted molar refractivity (Wildman–Crippen MR) is 135 cm³/mol. The van der Waals surface area contributed by atoms with Gasteiger partial charge in [-0.25, -0.2) is 0 Å². The summed E-state index contributed by atoms with van der Waals surface area (Å²) in [7, 11) is 0. The van der Waals surface area contributed by atoms with Crippen molar-refractivity contribution in [3.8, 4) is 23.0 Å². The Morgan fingerprint density at radius 2 is 1.14 bits per heavy atom. The Kier molecular flexibility index (Phi) is 11.5. The van der Waals surface area contributed by atoms with Crippen LogP contribution in [0.4, 0.5) is 11.4 Å². The summed E-state index contributed by atoms with van der Waals surface area (Å²) in [5.74, 6) is 0.166. The Hall–Kier alpha value is -3.81. The molecule has 1 aliphatic rings. The molecule has 0 saturated carbocycles. The van der Waals surface area contributed by atoms with Gasteiger partial charge in [-0.15, -0.1) is 0 Å². The number of carboxylic acid groups (broad SMARTS) is 1. The fourth-order valence-corrected chi connectivity index (χ4v) is 3.23. The van der Waals surface area contributed by atoms with E-state index in [4.69, 9.17) is 19.4 Å². The second-order valence-electron chi connectivity index (χ2n) is 7.67. The summed E-state index contributed by atoms with van der Waals surface area (Å²) in [5, 5.41) is 28.5. The Bertz CT molecular complexity index is 1120. The number of carbonyl (C=O) groups is 1. The van der Waals surface area contributed by atoms with Crippen LogP contribution in [-0.4, -0.2) is 46.9 Å². The number of rotatable bonds is 0. The van der Waals surface area contributed by atoms with Gasteiger partial charge in [0.15, 0.2) is 23.0 Å². The van der Waals surface area contributed by atoms with Crippen LogP contribution in [0.15, 0.2) is 70.6 Å². The standard InChI is InChI=1S/C25H24N2O4.C2H4O2.Mn/c28-24-18-8-6-12-22(24)30-14-4-1-5-15-31-23-13-7-9-19(25(23)29)17-27-21-11-3-2-10-20(21)26-16-18;1-2(3)4;/h2-3,6-13,16-17,28-29H,1,4-5,14-15H2;1H3,(H,3,4);. The molecule has 9 heteroatoms. The summed E-state index contributed by atoms with van der Waals surface area (Å²) in [5.41, 5.74) is 2.39. The summed E-state index contributed by atoms with van der Waals surface area (Å²) in [6.45, 7) is 2.07. The smallest absolute Gasteiger partial charge is 0.300 e. The number of aliphatic imine (C=N–C) groups is 2. The zero-order valence-corrected chi connectivity index (χ0v) is 21.0. The first-order valence-electron chi connectivity index (χ1n) is 11.2. The van der Waals surface area contributed by atoms with Gasteiger partial charge in [0.2, 0.25) is 0 Å². The normalized spacial score (nSPS) is 13.0. The van der Waals surface area contributed by atoms with E-state index in [1.54, 1.807) is 36.7 Å². The van der Waals surface area contributed by atoms with E-state index in [0.717, 1.165) is 26.2 Å². The van der Waals surface area contributed by atoms with E-state index in [-0.39, 0.29) is 28.6 Å². The molecule has 0 aliphatic carbocycles. The maximum atomic E-state index is 10.5. The van der Waals surface area contributed by atoms with E-state index in [2.05, 4.69) is 9.98 Å². The molecule has 4 bridgehead atoms. The van der Waals surface area contributed by atoms with E-state index in [1.807, 2.05) is 36.4 Å². The number of aromatic hydroxyl groups is 2. The van der Waals surface area contributed by atoms with Crippen LogP contribution in [0.1, 0.15) is 37.3 Å². The number of hydrogen-bond donors (Lipinski definition) is 3. The molecular formula is C27H28MnN2O6. The molecule has 0 unspecified atom stereocenters. The van der Waals surface area contributed by atoms with Gasteiger partial charge in [-0.1, -0.05) is 24.3 Å². The average Bonchev–Trinajstić information content (AvgIpc) is 2.83. The van der Waals surface area contributed by atoms with Gasteiger partial charge in [0.05, 0.1) is 24.6 Å². The van der Waals surface area contributed by atoms with E-state index < -0.39 is 5.97 Å². The molecule has 36 heavy (non-hydrogen) atoms. The summed E-state index contributed by atoms with van der Waals surface area (Å²) in [6.07, 6.45) is 5.74. The third kappa shape index (κ3) is 8.44. The average molecular weight is 531 g/mol. The molecule has 0 spiro atoms. The minimum Gasteiger partial charge on any atom is -0.504 e. The molecular weight excluding hydrogens is 503 g/mol. The third-order valence-electron chi connectivity index (χ3n) is 4.93. The Morgan fingerprint density at radius 3 is 1.56 bits per heavy atom. The number of nitrogens with zero attached hydrogens (tertiary/aromatic N) is 2. The van der Waals surface area contributed by atoms with Crippen LogP contribution >= 0.6 is 0 Å². The number of para-hydroxylation sites is 4. The van der Waals surface area contributed by atoms with Crippen LogP contribution < -0.4 is 9.47 Å². The second-order valence-corrected chi connectivity index (χ2v) is 7.67. The monoisotopic (exact) mass is 531 g/mol. The summed E-state index contributed by atoms with van der Waals surface area (Å²) in [4.78, 5) is 18.0. The molecule has 0 aromatic heterocycles. The molecule has 189 valence electrons. The molecule has 1 radical (unpaired) electrons. The zero-order chi connectivity index (χ0) is 25.0. The SMILES string of the molecule is CC(=O)O.Oc1c2cccc1OCCCCCOc1cccc(c1O)C=Nc1ccccc1N=C2.[Mn]. The molecule has 3 aromatic carbocycles. The summed E-state index contributed by atoms with van der Waals surface area (Å²) < 4.78 is 11.5. The third-order valence-corrected chi connectivity index (χ3v) is 4.93. The second kappa shape index (κ2) is 14.6. The van der Waals surface area contributed by atoms with Crippen molar-refractivity contribution in [2.75, 3.05) is 13.2 Å².